The molecule has 1 saturated carbocycles. The van der Waals surface area contributed by atoms with Crippen LogP contribution in [0.4, 0.5) is 0 Å². The molecule has 0 radical (unpaired) electrons. The Bertz CT molecular complexity index is 760. The van der Waals surface area contributed by atoms with Crippen molar-refractivity contribution in [3.05, 3.63) is 30.3 Å². The summed E-state index contributed by atoms with van der Waals surface area (Å²) < 4.78 is 32.8. The number of guanidine groups is 1. The van der Waals surface area contributed by atoms with E-state index in [-0.39, 0.29) is 5.75 Å². The number of ether oxygens (including phenoxy) is 1. The predicted octanol–water partition coefficient (Wildman–Crippen LogP) is 0.978. The molecular weight excluding hydrogens is 402 g/mol. The van der Waals surface area contributed by atoms with Crippen molar-refractivity contribution in [2.75, 3.05) is 65.2 Å². The molecule has 2 aliphatic rings. The van der Waals surface area contributed by atoms with Crippen LogP contribution in [0.2, 0.25) is 0 Å². The smallest absolute Gasteiger partial charge is 0.213 e. The highest BCUT2D eigenvalue weighted by molar-refractivity contribution is 7.89. The zero-order valence-corrected chi connectivity index (χ0v) is 18.7. The van der Waals surface area contributed by atoms with E-state index >= 15 is 0 Å². The fourth-order valence-electron chi connectivity index (χ4n) is 3.64. The zero-order chi connectivity index (χ0) is 21.2. The Kier molecular flexibility index (Phi) is 8.77. The molecule has 0 amide bonds. The number of nitrogens with zero attached hydrogens (tertiary/aromatic N) is 3. The van der Waals surface area contributed by atoms with Gasteiger partial charge in [-0.05, 0) is 30.9 Å². The predicted molar refractivity (Wildman–Crippen MR) is 120 cm³/mol. The average Bonchev–Trinajstić information content (AvgIpc) is 2.71. The van der Waals surface area contributed by atoms with Gasteiger partial charge >= 0.3 is 0 Å². The Morgan fingerprint density at radius 1 is 1.17 bits per heavy atom. The molecule has 9 heteroatoms. The third-order valence-electron chi connectivity index (χ3n) is 5.77. The molecule has 1 aromatic rings. The van der Waals surface area contributed by atoms with Gasteiger partial charge < -0.3 is 15.0 Å². The minimum atomic E-state index is -3.24. The van der Waals surface area contributed by atoms with E-state index in [2.05, 4.69) is 24.8 Å². The minimum Gasteiger partial charge on any atom is -0.492 e. The number of piperazine rings is 1. The van der Waals surface area contributed by atoms with Crippen molar-refractivity contribution in [3.8, 4) is 5.75 Å². The molecule has 30 heavy (non-hydrogen) atoms. The van der Waals surface area contributed by atoms with E-state index in [0.29, 0.717) is 25.6 Å². The van der Waals surface area contributed by atoms with Crippen LogP contribution >= 0.6 is 0 Å². The molecular formula is C21H35N5O3S. The highest BCUT2D eigenvalue weighted by Crippen LogP contribution is 2.25. The summed E-state index contributed by atoms with van der Waals surface area (Å²) in [6.07, 6.45) is 3.49. The van der Waals surface area contributed by atoms with Crippen LogP contribution in [0.15, 0.2) is 35.3 Å². The van der Waals surface area contributed by atoms with E-state index in [1.807, 2.05) is 30.3 Å². The summed E-state index contributed by atoms with van der Waals surface area (Å²) in [4.78, 5) is 8.89. The van der Waals surface area contributed by atoms with E-state index in [4.69, 9.17) is 4.74 Å². The van der Waals surface area contributed by atoms with Gasteiger partial charge in [0.1, 0.15) is 12.4 Å². The van der Waals surface area contributed by atoms with Gasteiger partial charge in [-0.25, -0.2) is 13.1 Å². The molecule has 0 aromatic heterocycles. The summed E-state index contributed by atoms with van der Waals surface area (Å²) in [6, 6.07) is 9.87. The minimum absolute atomic E-state index is 0.0650. The molecule has 0 spiro atoms. The van der Waals surface area contributed by atoms with Crippen LogP contribution in [-0.2, 0) is 10.0 Å². The lowest BCUT2D eigenvalue weighted by atomic mass is 9.86. The van der Waals surface area contributed by atoms with Gasteiger partial charge in [0.2, 0.25) is 10.0 Å². The van der Waals surface area contributed by atoms with Gasteiger partial charge in [-0.2, -0.15) is 0 Å². The van der Waals surface area contributed by atoms with Crippen LogP contribution in [0, 0.1) is 5.92 Å². The third-order valence-corrected chi connectivity index (χ3v) is 7.12. The number of benzene rings is 1. The molecule has 1 aliphatic heterocycles. The van der Waals surface area contributed by atoms with Crippen LogP contribution in [-0.4, -0.2) is 89.4 Å². The summed E-state index contributed by atoms with van der Waals surface area (Å²) in [7, 11) is -1.50. The Morgan fingerprint density at radius 2 is 1.90 bits per heavy atom. The average molecular weight is 438 g/mol. The number of hydrogen-bond donors (Lipinski definition) is 2. The van der Waals surface area contributed by atoms with Crippen molar-refractivity contribution in [2.45, 2.75) is 19.3 Å². The molecule has 168 valence electrons. The first-order valence-electron chi connectivity index (χ1n) is 10.9. The number of rotatable bonds is 10. The lowest BCUT2D eigenvalue weighted by Crippen LogP contribution is -2.53. The molecule has 1 heterocycles. The maximum atomic E-state index is 12.1. The van der Waals surface area contributed by atoms with Crippen molar-refractivity contribution >= 4 is 16.0 Å². The molecule has 0 atom stereocenters. The van der Waals surface area contributed by atoms with Gasteiger partial charge in [-0.3, -0.25) is 9.89 Å². The van der Waals surface area contributed by atoms with Crippen molar-refractivity contribution in [2.24, 2.45) is 10.9 Å². The normalized spacial score (nSPS) is 18.8. The van der Waals surface area contributed by atoms with E-state index < -0.39 is 10.0 Å². The Balaban J connectivity index is 1.31. The van der Waals surface area contributed by atoms with Crippen molar-refractivity contribution in [3.63, 3.8) is 0 Å². The standard InChI is InChI=1S/C21H35N5O3S/c1-22-21(23-10-17-30(27,28)24-18-19-6-5-7-19)26-13-11-25(12-14-26)15-16-29-20-8-3-2-4-9-20/h2-4,8-9,19,24H,5-7,10-18H2,1H3,(H,22,23). The molecule has 0 bridgehead atoms. The third kappa shape index (κ3) is 7.45. The molecule has 1 saturated heterocycles. The van der Waals surface area contributed by atoms with Gasteiger partial charge in [0, 0.05) is 52.9 Å². The van der Waals surface area contributed by atoms with Gasteiger partial charge in [0.05, 0.1) is 5.75 Å². The fourth-order valence-corrected chi connectivity index (χ4v) is 4.64. The summed E-state index contributed by atoms with van der Waals surface area (Å²) in [5, 5.41) is 3.20. The van der Waals surface area contributed by atoms with Crippen LogP contribution in [0.1, 0.15) is 19.3 Å². The Hall–Kier alpha value is -1.84. The van der Waals surface area contributed by atoms with E-state index in [1.54, 1.807) is 7.05 Å². The second-order valence-electron chi connectivity index (χ2n) is 7.93. The summed E-state index contributed by atoms with van der Waals surface area (Å²) in [5.74, 6) is 2.26. The van der Waals surface area contributed by atoms with Crippen LogP contribution in [0.25, 0.3) is 0 Å². The summed E-state index contributed by atoms with van der Waals surface area (Å²) >= 11 is 0. The molecule has 3 rings (SSSR count). The van der Waals surface area contributed by atoms with Crippen LogP contribution < -0.4 is 14.8 Å². The molecule has 8 nitrogen and oxygen atoms in total. The van der Waals surface area contributed by atoms with E-state index in [0.717, 1.165) is 57.3 Å². The topological polar surface area (TPSA) is 86.3 Å². The maximum Gasteiger partial charge on any atom is 0.213 e. The zero-order valence-electron chi connectivity index (χ0n) is 17.9. The Morgan fingerprint density at radius 3 is 2.53 bits per heavy atom. The first kappa shape index (κ1) is 22.8. The summed E-state index contributed by atoms with van der Waals surface area (Å²) in [5.41, 5.74) is 0. The van der Waals surface area contributed by atoms with Crippen molar-refractivity contribution < 1.29 is 13.2 Å². The van der Waals surface area contributed by atoms with Gasteiger partial charge in [0.25, 0.3) is 0 Å². The highest BCUT2D eigenvalue weighted by atomic mass is 32.2. The molecule has 2 fully saturated rings. The number of sulfonamides is 1. The summed E-state index contributed by atoms with van der Waals surface area (Å²) in [6.45, 7) is 6.07. The monoisotopic (exact) mass is 437 g/mol. The van der Waals surface area contributed by atoms with Gasteiger partial charge in [0.15, 0.2) is 5.96 Å². The lowest BCUT2D eigenvalue weighted by molar-refractivity contribution is 0.152. The van der Waals surface area contributed by atoms with Crippen LogP contribution in [0.5, 0.6) is 5.75 Å². The van der Waals surface area contributed by atoms with Gasteiger partial charge in [-0.1, -0.05) is 24.6 Å². The number of aliphatic imine (C=N–C) groups is 1. The van der Waals surface area contributed by atoms with E-state index in [1.165, 1.54) is 6.42 Å². The molecule has 2 N–H and O–H groups in total. The van der Waals surface area contributed by atoms with E-state index in [9.17, 15) is 8.42 Å². The van der Waals surface area contributed by atoms with Crippen molar-refractivity contribution in [1.29, 1.82) is 0 Å². The van der Waals surface area contributed by atoms with Crippen LogP contribution in [0.3, 0.4) is 0 Å². The number of hydrogen-bond acceptors (Lipinski definition) is 5. The maximum absolute atomic E-state index is 12.1. The quantitative estimate of drug-likeness (QED) is 0.419. The first-order chi connectivity index (χ1) is 14.6. The lowest BCUT2D eigenvalue weighted by Gasteiger charge is -2.36. The van der Waals surface area contributed by atoms with Gasteiger partial charge in [-0.15, -0.1) is 0 Å². The number of nitrogens with one attached hydrogen (secondary N) is 2. The highest BCUT2D eigenvalue weighted by Gasteiger charge is 2.22. The molecule has 0 unspecified atom stereocenters. The second-order valence-corrected chi connectivity index (χ2v) is 9.85. The first-order valence-corrected chi connectivity index (χ1v) is 12.5. The van der Waals surface area contributed by atoms with Crippen molar-refractivity contribution in [1.82, 2.24) is 19.8 Å². The largest absolute Gasteiger partial charge is 0.492 e. The fraction of sp³-hybridized carbons (Fsp3) is 0.667. The Labute approximate surface area is 180 Å². The second kappa shape index (κ2) is 11.5. The number of para-hydroxylation sites is 1. The molecule has 1 aliphatic carbocycles. The molecule has 1 aromatic carbocycles. The SMILES string of the molecule is CN=C(NCCS(=O)(=O)NCC1CCC1)N1CCN(CCOc2ccccc2)CC1.